The van der Waals surface area contributed by atoms with Crippen LogP contribution in [0, 0.1) is 0 Å². The Kier molecular flexibility index (Phi) is 8.40. The molecule has 0 bridgehead atoms. The van der Waals surface area contributed by atoms with Crippen molar-refractivity contribution in [3.63, 3.8) is 0 Å². The average Bonchev–Trinajstić information content (AvgIpc) is 3.31. The molecule has 186 valence electrons. The second-order valence-electron chi connectivity index (χ2n) is 7.79. The van der Waals surface area contributed by atoms with Gasteiger partial charge in [-0.15, -0.1) is 10.2 Å². The maximum atomic E-state index is 12.7. The van der Waals surface area contributed by atoms with Gasteiger partial charge in [0.2, 0.25) is 5.91 Å². The molecule has 0 fully saturated rings. The molecule has 1 heterocycles. The first-order chi connectivity index (χ1) is 17.4. The number of carbonyl (C=O) groups is 1. The second-order valence-corrected chi connectivity index (χ2v) is 9.58. The van der Waals surface area contributed by atoms with Crippen LogP contribution in [0.25, 0.3) is 17.1 Å². The van der Waals surface area contributed by atoms with Crippen molar-refractivity contribution in [1.29, 1.82) is 0 Å². The zero-order chi connectivity index (χ0) is 25.7. The summed E-state index contributed by atoms with van der Waals surface area (Å²) in [5.74, 6) is 1.64. The van der Waals surface area contributed by atoms with Gasteiger partial charge in [-0.1, -0.05) is 65.3 Å². The Morgan fingerprint density at radius 1 is 1.00 bits per heavy atom. The maximum absolute atomic E-state index is 12.7. The summed E-state index contributed by atoms with van der Waals surface area (Å²) in [6.45, 7) is 1.95. The van der Waals surface area contributed by atoms with Gasteiger partial charge in [-0.2, -0.15) is 0 Å². The molecule has 0 aliphatic heterocycles. The summed E-state index contributed by atoms with van der Waals surface area (Å²) < 4.78 is 12.7. The summed E-state index contributed by atoms with van der Waals surface area (Å²) >= 11 is 14.0. The number of halogens is 2. The molecule has 0 aliphatic rings. The minimum absolute atomic E-state index is 0.121. The van der Waals surface area contributed by atoms with Crippen LogP contribution in [0.1, 0.15) is 18.5 Å². The molecule has 0 spiro atoms. The fraction of sp³-hybridized carbons (Fsp3) is 0.192. The molecule has 10 heteroatoms. The number of carbonyl (C=O) groups excluding carboxylic acids is 1. The van der Waals surface area contributed by atoms with Crippen LogP contribution in [0.2, 0.25) is 10.0 Å². The third-order valence-corrected chi connectivity index (χ3v) is 6.90. The van der Waals surface area contributed by atoms with Gasteiger partial charge in [0.15, 0.2) is 11.0 Å². The number of rotatable bonds is 9. The molecule has 0 saturated carbocycles. The van der Waals surface area contributed by atoms with Crippen LogP contribution in [0.4, 0.5) is 0 Å². The van der Waals surface area contributed by atoms with Crippen LogP contribution in [0.3, 0.4) is 0 Å². The molecular formula is C26H24Cl2N4O3S. The molecule has 1 unspecified atom stereocenters. The third kappa shape index (κ3) is 5.78. The summed E-state index contributed by atoms with van der Waals surface area (Å²) in [5.41, 5.74) is 2.38. The van der Waals surface area contributed by atoms with Crippen molar-refractivity contribution in [1.82, 2.24) is 20.1 Å². The van der Waals surface area contributed by atoms with E-state index in [1.165, 1.54) is 11.8 Å². The summed E-state index contributed by atoms with van der Waals surface area (Å²) in [6.07, 6.45) is 0. The number of thioether (sulfide) groups is 1. The molecule has 1 aromatic heterocycles. The van der Waals surface area contributed by atoms with E-state index in [1.54, 1.807) is 44.6 Å². The molecule has 0 saturated heterocycles. The Balaban J connectivity index is 1.66. The first kappa shape index (κ1) is 25.9. The van der Waals surface area contributed by atoms with Gasteiger partial charge in [-0.05, 0) is 48.9 Å². The highest BCUT2D eigenvalue weighted by atomic mass is 35.5. The van der Waals surface area contributed by atoms with Crippen molar-refractivity contribution in [2.24, 2.45) is 0 Å². The van der Waals surface area contributed by atoms with Crippen molar-refractivity contribution in [2.75, 3.05) is 20.0 Å². The first-order valence-electron chi connectivity index (χ1n) is 11.0. The monoisotopic (exact) mass is 542 g/mol. The van der Waals surface area contributed by atoms with Crippen molar-refractivity contribution in [3.05, 3.63) is 82.3 Å². The Hall–Kier alpha value is -3.20. The van der Waals surface area contributed by atoms with Gasteiger partial charge in [-0.25, -0.2) is 0 Å². The van der Waals surface area contributed by atoms with Gasteiger partial charge < -0.3 is 14.8 Å². The lowest BCUT2D eigenvalue weighted by atomic mass is 10.1. The molecule has 0 aliphatic carbocycles. The molecule has 1 amide bonds. The molecular weight excluding hydrogens is 519 g/mol. The minimum Gasteiger partial charge on any atom is -0.496 e. The SMILES string of the molecule is COc1ccc(-n2c(SCC(=O)NC(C)c3ccccc3)nnc2-c2cc(Cl)ccc2OC)cc1Cl. The third-order valence-electron chi connectivity index (χ3n) is 5.44. The van der Waals surface area contributed by atoms with E-state index in [0.29, 0.717) is 43.8 Å². The Morgan fingerprint density at radius 2 is 1.72 bits per heavy atom. The van der Waals surface area contributed by atoms with Crippen molar-refractivity contribution >= 4 is 40.9 Å². The Bertz CT molecular complexity index is 1360. The van der Waals surface area contributed by atoms with Gasteiger partial charge >= 0.3 is 0 Å². The molecule has 1 atom stereocenters. The van der Waals surface area contributed by atoms with E-state index in [4.69, 9.17) is 32.7 Å². The smallest absolute Gasteiger partial charge is 0.230 e. The van der Waals surface area contributed by atoms with Crippen LogP contribution in [0.5, 0.6) is 11.5 Å². The molecule has 4 rings (SSSR count). The lowest BCUT2D eigenvalue weighted by Gasteiger charge is -2.15. The van der Waals surface area contributed by atoms with E-state index in [1.807, 2.05) is 47.9 Å². The maximum Gasteiger partial charge on any atom is 0.230 e. The highest BCUT2D eigenvalue weighted by Crippen LogP contribution is 2.36. The van der Waals surface area contributed by atoms with E-state index in [2.05, 4.69) is 15.5 Å². The molecule has 3 aromatic carbocycles. The molecule has 0 radical (unpaired) electrons. The zero-order valence-corrected chi connectivity index (χ0v) is 22.2. The standard InChI is InChI=1S/C26H24Cl2N4O3S/c1-16(17-7-5-4-6-8-17)29-24(33)15-36-26-31-30-25(20-13-18(27)9-11-22(20)34-2)32(26)19-10-12-23(35-3)21(28)14-19/h4-14,16H,15H2,1-3H3,(H,29,33). The fourth-order valence-electron chi connectivity index (χ4n) is 3.66. The number of hydrogen-bond donors (Lipinski definition) is 1. The van der Waals surface area contributed by atoms with Crippen LogP contribution in [-0.4, -0.2) is 40.6 Å². The van der Waals surface area contributed by atoms with Gasteiger partial charge in [0, 0.05) is 5.02 Å². The topological polar surface area (TPSA) is 78.3 Å². The Morgan fingerprint density at radius 3 is 2.42 bits per heavy atom. The van der Waals surface area contributed by atoms with E-state index < -0.39 is 0 Å². The summed E-state index contributed by atoms with van der Waals surface area (Å²) in [7, 11) is 3.13. The van der Waals surface area contributed by atoms with E-state index >= 15 is 0 Å². The van der Waals surface area contributed by atoms with Crippen LogP contribution >= 0.6 is 35.0 Å². The lowest BCUT2D eigenvalue weighted by Crippen LogP contribution is -2.28. The van der Waals surface area contributed by atoms with Gasteiger partial charge in [-0.3, -0.25) is 9.36 Å². The van der Waals surface area contributed by atoms with E-state index in [-0.39, 0.29) is 17.7 Å². The Labute approximate surface area is 223 Å². The number of ether oxygens (including phenoxy) is 2. The number of benzene rings is 3. The van der Waals surface area contributed by atoms with Crippen molar-refractivity contribution in [3.8, 4) is 28.6 Å². The lowest BCUT2D eigenvalue weighted by molar-refractivity contribution is -0.119. The molecule has 1 N–H and O–H groups in total. The van der Waals surface area contributed by atoms with Crippen LogP contribution < -0.4 is 14.8 Å². The number of methoxy groups -OCH3 is 2. The quantitative estimate of drug-likeness (QED) is 0.252. The number of amides is 1. The number of hydrogen-bond acceptors (Lipinski definition) is 6. The van der Waals surface area contributed by atoms with Gasteiger partial charge in [0.25, 0.3) is 0 Å². The number of aromatic nitrogens is 3. The summed E-state index contributed by atoms with van der Waals surface area (Å²) in [6, 6.07) is 20.3. The summed E-state index contributed by atoms with van der Waals surface area (Å²) in [5, 5.41) is 13.3. The van der Waals surface area contributed by atoms with E-state index in [9.17, 15) is 4.79 Å². The highest BCUT2D eigenvalue weighted by molar-refractivity contribution is 7.99. The average molecular weight is 543 g/mol. The van der Waals surface area contributed by atoms with Crippen molar-refractivity contribution < 1.29 is 14.3 Å². The fourth-order valence-corrected chi connectivity index (χ4v) is 4.85. The summed E-state index contributed by atoms with van der Waals surface area (Å²) in [4.78, 5) is 12.7. The molecule has 7 nitrogen and oxygen atoms in total. The van der Waals surface area contributed by atoms with Crippen LogP contribution in [0.15, 0.2) is 71.9 Å². The first-order valence-corrected chi connectivity index (χ1v) is 12.8. The minimum atomic E-state index is -0.124. The largest absolute Gasteiger partial charge is 0.496 e. The molecule has 4 aromatic rings. The predicted molar refractivity (Wildman–Crippen MR) is 144 cm³/mol. The van der Waals surface area contributed by atoms with Gasteiger partial charge in [0.05, 0.1) is 42.3 Å². The van der Waals surface area contributed by atoms with Crippen LogP contribution in [-0.2, 0) is 4.79 Å². The molecule has 36 heavy (non-hydrogen) atoms. The number of nitrogens with zero attached hydrogens (tertiary/aromatic N) is 3. The van der Waals surface area contributed by atoms with Gasteiger partial charge in [0.1, 0.15) is 11.5 Å². The predicted octanol–water partition coefficient (Wildman–Crippen LogP) is 6.23. The normalized spacial score (nSPS) is 11.7. The highest BCUT2D eigenvalue weighted by Gasteiger charge is 2.21. The van der Waals surface area contributed by atoms with E-state index in [0.717, 1.165) is 5.56 Å². The number of nitrogens with one attached hydrogen (secondary N) is 1. The van der Waals surface area contributed by atoms with Crippen molar-refractivity contribution in [2.45, 2.75) is 18.1 Å². The zero-order valence-electron chi connectivity index (χ0n) is 19.9. The second kappa shape index (κ2) is 11.7.